The van der Waals surface area contributed by atoms with Gasteiger partial charge in [0.25, 0.3) is 5.91 Å². The molecule has 1 aliphatic rings. The first-order valence-electron chi connectivity index (χ1n) is 5.66. The van der Waals surface area contributed by atoms with Crippen molar-refractivity contribution >= 4 is 18.1 Å². The zero-order valence-corrected chi connectivity index (χ0v) is 9.78. The van der Waals surface area contributed by atoms with Crippen molar-refractivity contribution in [2.75, 3.05) is 13.1 Å². The molecule has 1 atom stereocenters. The smallest absolute Gasteiger partial charge is 0.417 e. The first kappa shape index (κ1) is 12.3. The summed E-state index contributed by atoms with van der Waals surface area (Å²) in [7, 11) is 0. The maximum Gasteiger partial charge on any atom is 0.417 e. The van der Waals surface area contributed by atoms with Crippen molar-refractivity contribution in [3.8, 4) is 0 Å². The van der Waals surface area contributed by atoms with E-state index >= 15 is 0 Å². The molecule has 1 heterocycles. The lowest BCUT2D eigenvalue weighted by Crippen LogP contribution is -2.32. The van der Waals surface area contributed by atoms with Crippen LogP contribution in [0.1, 0.15) is 5.56 Å². The van der Waals surface area contributed by atoms with Crippen molar-refractivity contribution in [1.82, 2.24) is 4.90 Å². The third-order valence-electron chi connectivity index (χ3n) is 2.62. The monoisotopic (exact) mass is 246 g/mol. The number of imide groups is 1. The van der Waals surface area contributed by atoms with E-state index in [1.807, 2.05) is 30.3 Å². The van der Waals surface area contributed by atoms with Gasteiger partial charge in [-0.25, -0.2) is 9.69 Å². The van der Waals surface area contributed by atoms with Crippen molar-refractivity contribution in [3.63, 3.8) is 0 Å². The first-order chi connectivity index (χ1) is 8.70. The van der Waals surface area contributed by atoms with Crippen LogP contribution in [0.3, 0.4) is 0 Å². The molecule has 2 amide bonds. The molecule has 1 saturated heterocycles. The largest absolute Gasteiger partial charge is 0.443 e. The predicted molar refractivity (Wildman–Crippen MR) is 66.5 cm³/mol. The van der Waals surface area contributed by atoms with Gasteiger partial charge in [0.2, 0.25) is 0 Å². The number of rotatable bonds is 3. The summed E-state index contributed by atoms with van der Waals surface area (Å²) in [4.78, 5) is 24.2. The molecule has 1 aliphatic heterocycles. The Kier molecular flexibility index (Phi) is 3.74. The van der Waals surface area contributed by atoms with E-state index in [9.17, 15) is 9.59 Å². The summed E-state index contributed by atoms with van der Waals surface area (Å²) in [5.41, 5.74) is 6.29. The van der Waals surface area contributed by atoms with Gasteiger partial charge in [-0.2, -0.15) is 0 Å². The summed E-state index contributed by atoms with van der Waals surface area (Å²) in [6, 6.07) is 9.38. The molecule has 0 spiro atoms. The van der Waals surface area contributed by atoms with Crippen LogP contribution in [0.15, 0.2) is 36.4 Å². The van der Waals surface area contributed by atoms with E-state index in [0.29, 0.717) is 0 Å². The Balaban J connectivity index is 2.01. The highest BCUT2D eigenvalue weighted by Gasteiger charge is 2.33. The van der Waals surface area contributed by atoms with Gasteiger partial charge in [-0.15, -0.1) is 0 Å². The Morgan fingerprint density at radius 1 is 1.44 bits per heavy atom. The number of ether oxygens (including phenoxy) is 1. The number of benzene rings is 1. The Morgan fingerprint density at radius 3 is 2.78 bits per heavy atom. The molecule has 0 saturated carbocycles. The SMILES string of the molecule is NCC1CN(C(=O)C=Cc2ccccc2)C(=O)O1. The molecular formula is C13H14N2O3. The summed E-state index contributed by atoms with van der Waals surface area (Å²) in [6.07, 6.45) is 1.99. The van der Waals surface area contributed by atoms with Gasteiger partial charge in [0, 0.05) is 12.6 Å². The van der Waals surface area contributed by atoms with Gasteiger partial charge in [0.05, 0.1) is 6.54 Å². The number of nitrogens with two attached hydrogens (primary N) is 1. The molecular weight excluding hydrogens is 232 g/mol. The topological polar surface area (TPSA) is 72.6 Å². The summed E-state index contributed by atoms with van der Waals surface area (Å²) in [6.45, 7) is 0.436. The van der Waals surface area contributed by atoms with Gasteiger partial charge < -0.3 is 10.5 Å². The quantitative estimate of drug-likeness (QED) is 0.808. The number of carbonyl (C=O) groups excluding carboxylic acids is 2. The number of carbonyl (C=O) groups is 2. The fourth-order valence-electron chi connectivity index (χ4n) is 1.65. The standard InChI is InChI=1S/C13H14N2O3/c14-8-11-9-15(13(17)18-11)12(16)7-6-10-4-2-1-3-5-10/h1-7,11H,8-9,14H2. The average molecular weight is 246 g/mol. The molecule has 1 aromatic rings. The van der Waals surface area contributed by atoms with Crippen LogP contribution in [0.25, 0.3) is 6.08 Å². The second kappa shape index (κ2) is 5.46. The van der Waals surface area contributed by atoms with E-state index in [4.69, 9.17) is 10.5 Å². The molecule has 1 aromatic carbocycles. The minimum Gasteiger partial charge on any atom is -0.443 e. The molecule has 0 radical (unpaired) electrons. The average Bonchev–Trinajstić information content (AvgIpc) is 2.78. The van der Waals surface area contributed by atoms with Gasteiger partial charge in [-0.3, -0.25) is 4.79 Å². The fourth-order valence-corrected chi connectivity index (χ4v) is 1.65. The maximum atomic E-state index is 11.8. The van der Waals surface area contributed by atoms with Crippen molar-refractivity contribution in [2.24, 2.45) is 5.73 Å². The Bertz CT molecular complexity index is 470. The van der Waals surface area contributed by atoms with E-state index in [2.05, 4.69) is 0 Å². The van der Waals surface area contributed by atoms with Crippen LogP contribution in [0.5, 0.6) is 0 Å². The molecule has 2 N–H and O–H groups in total. The molecule has 0 aliphatic carbocycles. The van der Waals surface area contributed by atoms with Crippen LogP contribution in [0.4, 0.5) is 4.79 Å². The zero-order valence-electron chi connectivity index (χ0n) is 9.78. The number of nitrogens with zero attached hydrogens (tertiary/aromatic N) is 1. The number of hydrogen-bond donors (Lipinski definition) is 1. The van der Waals surface area contributed by atoms with Crippen LogP contribution in [0.2, 0.25) is 0 Å². The predicted octanol–water partition coefficient (Wildman–Crippen LogP) is 1.01. The van der Waals surface area contributed by atoms with Crippen LogP contribution in [-0.4, -0.2) is 36.1 Å². The van der Waals surface area contributed by atoms with Crippen LogP contribution < -0.4 is 5.73 Å². The number of amides is 2. The highest BCUT2D eigenvalue weighted by molar-refractivity contribution is 6.01. The van der Waals surface area contributed by atoms with E-state index < -0.39 is 12.2 Å². The van der Waals surface area contributed by atoms with Crippen LogP contribution in [-0.2, 0) is 9.53 Å². The zero-order chi connectivity index (χ0) is 13.0. The lowest BCUT2D eigenvalue weighted by molar-refractivity contribution is -0.122. The number of cyclic esters (lactones) is 1. The normalized spacial score (nSPS) is 19.3. The first-order valence-corrected chi connectivity index (χ1v) is 5.66. The molecule has 1 unspecified atom stereocenters. The van der Waals surface area contributed by atoms with E-state index in [0.717, 1.165) is 10.5 Å². The molecule has 2 rings (SSSR count). The molecule has 0 aromatic heterocycles. The summed E-state index contributed by atoms with van der Waals surface area (Å²) < 4.78 is 4.90. The Labute approximate surface area is 105 Å². The van der Waals surface area contributed by atoms with Gasteiger partial charge in [0.15, 0.2) is 0 Å². The Morgan fingerprint density at radius 2 is 2.17 bits per heavy atom. The third-order valence-corrected chi connectivity index (χ3v) is 2.62. The molecule has 94 valence electrons. The highest BCUT2D eigenvalue weighted by atomic mass is 16.6. The van der Waals surface area contributed by atoms with Crippen molar-refractivity contribution in [3.05, 3.63) is 42.0 Å². The van der Waals surface area contributed by atoms with E-state index in [1.165, 1.54) is 6.08 Å². The summed E-state index contributed by atoms with van der Waals surface area (Å²) in [5.74, 6) is -0.389. The highest BCUT2D eigenvalue weighted by Crippen LogP contribution is 2.11. The van der Waals surface area contributed by atoms with Crippen molar-refractivity contribution in [1.29, 1.82) is 0 Å². The van der Waals surface area contributed by atoms with Crippen molar-refractivity contribution < 1.29 is 14.3 Å². The minimum absolute atomic E-state index is 0.216. The fraction of sp³-hybridized carbons (Fsp3) is 0.231. The molecule has 5 nitrogen and oxygen atoms in total. The third kappa shape index (κ3) is 2.75. The second-order valence-electron chi connectivity index (χ2n) is 3.93. The lowest BCUT2D eigenvalue weighted by atomic mass is 10.2. The lowest BCUT2D eigenvalue weighted by Gasteiger charge is -2.06. The molecule has 5 heteroatoms. The van der Waals surface area contributed by atoms with Gasteiger partial charge >= 0.3 is 6.09 Å². The van der Waals surface area contributed by atoms with E-state index in [-0.39, 0.29) is 19.0 Å². The number of hydrogen-bond acceptors (Lipinski definition) is 4. The van der Waals surface area contributed by atoms with Crippen molar-refractivity contribution in [2.45, 2.75) is 6.10 Å². The van der Waals surface area contributed by atoms with Gasteiger partial charge in [0.1, 0.15) is 6.10 Å². The summed E-state index contributed by atoms with van der Waals surface area (Å²) in [5, 5.41) is 0. The molecule has 0 bridgehead atoms. The van der Waals surface area contributed by atoms with Gasteiger partial charge in [-0.1, -0.05) is 30.3 Å². The van der Waals surface area contributed by atoms with Crippen LogP contribution >= 0.6 is 0 Å². The van der Waals surface area contributed by atoms with Gasteiger partial charge in [-0.05, 0) is 11.6 Å². The molecule has 1 fully saturated rings. The summed E-state index contributed by atoms with van der Waals surface area (Å²) >= 11 is 0. The van der Waals surface area contributed by atoms with Crippen LogP contribution in [0, 0.1) is 0 Å². The molecule has 18 heavy (non-hydrogen) atoms. The second-order valence-corrected chi connectivity index (χ2v) is 3.93. The Hall–Kier alpha value is -2.14. The maximum absolute atomic E-state index is 11.8. The van der Waals surface area contributed by atoms with E-state index in [1.54, 1.807) is 6.08 Å². The minimum atomic E-state index is -0.631.